The topological polar surface area (TPSA) is 67.4 Å². The minimum Gasteiger partial charge on any atom is -0.492 e. The van der Waals surface area contributed by atoms with Crippen molar-refractivity contribution in [2.24, 2.45) is 0 Å². The molecule has 0 aliphatic heterocycles. The monoisotopic (exact) mass is 400 g/mol. The van der Waals surface area contributed by atoms with Gasteiger partial charge >= 0.3 is 0 Å². The minimum atomic E-state index is -0.136. The van der Waals surface area contributed by atoms with Crippen LogP contribution < -0.4 is 15.4 Å². The van der Waals surface area contributed by atoms with Gasteiger partial charge < -0.3 is 15.4 Å². The molecule has 0 unspecified atom stereocenters. The van der Waals surface area contributed by atoms with Crippen LogP contribution in [0.5, 0.6) is 5.75 Å². The molecule has 2 amide bonds. The van der Waals surface area contributed by atoms with Crippen LogP contribution in [0.2, 0.25) is 10.0 Å². The molecule has 0 aliphatic rings. The van der Waals surface area contributed by atoms with Crippen molar-refractivity contribution in [3.05, 3.63) is 50.1 Å². The molecule has 0 spiro atoms. The quantitative estimate of drug-likeness (QED) is 0.660. The molecule has 8 heteroatoms. The summed E-state index contributed by atoms with van der Waals surface area (Å²) >= 11 is 13.2. The van der Waals surface area contributed by atoms with E-state index in [1.807, 2.05) is 6.07 Å². The highest BCUT2D eigenvalue weighted by Crippen LogP contribution is 2.27. The Bertz CT molecular complexity index is 749. The van der Waals surface area contributed by atoms with E-state index < -0.39 is 0 Å². The largest absolute Gasteiger partial charge is 0.492 e. The Morgan fingerprint density at radius 3 is 2.68 bits per heavy atom. The second-order valence-corrected chi connectivity index (χ2v) is 7.22. The number of carbonyl (C=O) groups excluding carboxylic acids is 2. The average Bonchev–Trinajstić information content (AvgIpc) is 3.03. The fraction of sp³-hybridized carbons (Fsp3) is 0.294. The van der Waals surface area contributed by atoms with Crippen molar-refractivity contribution >= 4 is 46.4 Å². The molecule has 5 nitrogen and oxygen atoms in total. The number of ether oxygens (including phenoxy) is 1. The minimum absolute atomic E-state index is 0.0970. The molecule has 134 valence electrons. The SMILES string of the molecule is CC(=O)NCc1ccc(C(=O)NCCCOc2ccc(Cl)cc2Cl)s1. The van der Waals surface area contributed by atoms with Gasteiger partial charge in [0.25, 0.3) is 5.91 Å². The van der Waals surface area contributed by atoms with E-state index in [4.69, 9.17) is 27.9 Å². The standard InChI is InChI=1S/C17H18Cl2N2O3S/c1-11(22)21-10-13-4-6-16(25-13)17(23)20-7-2-8-24-15-5-3-12(18)9-14(15)19/h3-6,9H,2,7-8,10H2,1H3,(H,20,23)(H,21,22). The fourth-order valence-corrected chi connectivity index (χ4v) is 3.27. The number of hydrogen-bond acceptors (Lipinski definition) is 4. The first-order valence-electron chi connectivity index (χ1n) is 7.65. The average molecular weight is 401 g/mol. The van der Waals surface area contributed by atoms with Crippen molar-refractivity contribution in [1.29, 1.82) is 0 Å². The Hall–Kier alpha value is -1.76. The van der Waals surface area contributed by atoms with Gasteiger partial charge in [0.15, 0.2) is 0 Å². The number of rotatable bonds is 8. The number of thiophene rings is 1. The zero-order chi connectivity index (χ0) is 18.2. The predicted molar refractivity (Wildman–Crippen MR) is 101 cm³/mol. The first-order valence-corrected chi connectivity index (χ1v) is 9.22. The molecule has 1 heterocycles. The van der Waals surface area contributed by atoms with Crippen LogP contribution in [0.15, 0.2) is 30.3 Å². The Morgan fingerprint density at radius 1 is 1.16 bits per heavy atom. The normalized spacial score (nSPS) is 10.4. The molecule has 2 rings (SSSR count). The van der Waals surface area contributed by atoms with E-state index in [1.54, 1.807) is 24.3 Å². The smallest absolute Gasteiger partial charge is 0.261 e. The lowest BCUT2D eigenvalue weighted by atomic mass is 10.3. The molecule has 1 aromatic heterocycles. The van der Waals surface area contributed by atoms with E-state index in [2.05, 4.69) is 10.6 Å². The summed E-state index contributed by atoms with van der Waals surface area (Å²) < 4.78 is 5.56. The Kier molecular flexibility index (Phi) is 7.55. The highest BCUT2D eigenvalue weighted by Gasteiger charge is 2.09. The second kappa shape index (κ2) is 9.65. The molecular formula is C17H18Cl2N2O3S. The van der Waals surface area contributed by atoms with Crippen molar-refractivity contribution in [1.82, 2.24) is 10.6 Å². The van der Waals surface area contributed by atoms with Crippen LogP contribution in [0.1, 0.15) is 27.9 Å². The van der Waals surface area contributed by atoms with Crippen LogP contribution in [-0.4, -0.2) is 25.0 Å². The molecule has 25 heavy (non-hydrogen) atoms. The van der Waals surface area contributed by atoms with Gasteiger partial charge in [-0.2, -0.15) is 0 Å². The van der Waals surface area contributed by atoms with Gasteiger partial charge in [-0.25, -0.2) is 0 Å². The lowest BCUT2D eigenvalue weighted by Gasteiger charge is -2.08. The number of carbonyl (C=O) groups is 2. The third kappa shape index (κ3) is 6.57. The summed E-state index contributed by atoms with van der Waals surface area (Å²) in [5.74, 6) is 0.335. The Labute approximate surface area is 160 Å². The Morgan fingerprint density at radius 2 is 1.96 bits per heavy atom. The molecule has 0 fully saturated rings. The summed E-state index contributed by atoms with van der Waals surface area (Å²) in [7, 11) is 0. The summed E-state index contributed by atoms with van der Waals surface area (Å²) in [6.07, 6.45) is 0.648. The molecule has 2 N–H and O–H groups in total. The number of amides is 2. The highest BCUT2D eigenvalue weighted by molar-refractivity contribution is 7.14. The zero-order valence-corrected chi connectivity index (χ0v) is 15.9. The van der Waals surface area contributed by atoms with Crippen LogP contribution >= 0.6 is 34.5 Å². The van der Waals surface area contributed by atoms with Crippen molar-refractivity contribution in [2.75, 3.05) is 13.2 Å². The van der Waals surface area contributed by atoms with Crippen LogP contribution in [0, 0.1) is 0 Å². The highest BCUT2D eigenvalue weighted by atomic mass is 35.5. The van der Waals surface area contributed by atoms with Crippen molar-refractivity contribution in [2.45, 2.75) is 19.9 Å². The van der Waals surface area contributed by atoms with Crippen molar-refractivity contribution < 1.29 is 14.3 Å². The summed E-state index contributed by atoms with van der Waals surface area (Å²) in [5, 5.41) is 6.55. The molecule has 0 atom stereocenters. The van der Waals surface area contributed by atoms with Crippen molar-refractivity contribution in [3.63, 3.8) is 0 Å². The van der Waals surface area contributed by atoms with Gasteiger partial charge in [0.2, 0.25) is 5.91 Å². The summed E-state index contributed by atoms with van der Waals surface area (Å²) in [6.45, 7) is 2.81. The number of halogens is 2. The predicted octanol–water partition coefficient (Wildman–Crippen LogP) is 3.89. The van der Waals surface area contributed by atoms with Gasteiger partial charge in [0.05, 0.1) is 23.1 Å². The van der Waals surface area contributed by atoms with E-state index >= 15 is 0 Å². The Balaban J connectivity index is 1.69. The summed E-state index contributed by atoms with van der Waals surface area (Å²) in [5.41, 5.74) is 0. The van der Waals surface area contributed by atoms with Gasteiger partial charge in [-0.1, -0.05) is 23.2 Å². The molecule has 0 radical (unpaired) electrons. The zero-order valence-electron chi connectivity index (χ0n) is 13.6. The first kappa shape index (κ1) is 19.6. The third-order valence-corrected chi connectivity index (χ3v) is 4.77. The van der Waals surface area contributed by atoms with Crippen LogP contribution in [-0.2, 0) is 11.3 Å². The third-order valence-electron chi connectivity index (χ3n) is 3.16. The molecule has 0 bridgehead atoms. The van der Waals surface area contributed by atoms with Crippen molar-refractivity contribution in [3.8, 4) is 5.75 Å². The maximum atomic E-state index is 12.1. The van der Waals surface area contributed by atoms with Gasteiger partial charge in [-0.15, -0.1) is 11.3 Å². The summed E-state index contributed by atoms with van der Waals surface area (Å²) in [4.78, 5) is 24.5. The first-order chi connectivity index (χ1) is 12.0. The molecular weight excluding hydrogens is 383 g/mol. The second-order valence-electron chi connectivity index (χ2n) is 5.21. The fourth-order valence-electron chi connectivity index (χ4n) is 1.94. The molecule has 0 saturated heterocycles. The number of nitrogens with one attached hydrogen (secondary N) is 2. The maximum absolute atomic E-state index is 12.1. The van der Waals surface area contributed by atoms with Gasteiger partial charge in [-0.05, 0) is 36.8 Å². The van der Waals surface area contributed by atoms with Gasteiger partial charge in [-0.3, -0.25) is 9.59 Å². The lowest BCUT2D eigenvalue weighted by Crippen LogP contribution is -2.24. The van der Waals surface area contributed by atoms with E-state index in [0.29, 0.717) is 46.8 Å². The van der Waals surface area contributed by atoms with E-state index in [1.165, 1.54) is 18.3 Å². The van der Waals surface area contributed by atoms with E-state index in [-0.39, 0.29) is 11.8 Å². The molecule has 1 aromatic carbocycles. The van der Waals surface area contributed by atoms with E-state index in [0.717, 1.165) is 4.88 Å². The van der Waals surface area contributed by atoms with Gasteiger partial charge in [0.1, 0.15) is 5.75 Å². The molecule has 0 aliphatic carbocycles. The van der Waals surface area contributed by atoms with Crippen LogP contribution in [0.25, 0.3) is 0 Å². The number of benzene rings is 1. The maximum Gasteiger partial charge on any atom is 0.261 e. The summed E-state index contributed by atoms with van der Waals surface area (Å²) in [6, 6.07) is 8.63. The lowest BCUT2D eigenvalue weighted by molar-refractivity contribution is -0.119. The van der Waals surface area contributed by atoms with Crippen LogP contribution in [0.3, 0.4) is 0 Å². The van der Waals surface area contributed by atoms with E-state index in [9.17, 15) is 9.59 Å². The van der Waals surface area contributed by atoms with Gasteiger partial charge in [0, 0.05) is 23.4 Å². The van der Waals surface area contributed by atoms with Crippen LogP contribution in [0.4, 0.5) is 0 Å². The molecule has 0 saturated carbocycles. The molecule has 2 aromatic rings. The number of hydrogen-bond donors (Lipinski definition) is 2.